The Morgan fingerprint density at radius 2 is 1.86 bits per heavy atom. The molecule has 2 atom stereocenters. The van der Waals surface area contributed by atoms with Crippen molar-refractivity contribution in [3.8, 4) is 0 Å². The first-order valence-corrected chi connectivity index (χ1v) is 8.05. The Hall–Kier alpha value is -1.12. The topological polar surface area (TPSA) is 57.6 Å². The second kappa shape index (κ2) is 5.94. The summed E-state index contributed by atoms with van der Waals surface area (Å²) in [5.74, 6) is -4.18. The van der Waals surface area contributed by atoms with E-state index < -0.39 is 44.5 Å². The van der Waals surface area contributed by atoms with Crippen molar-refractivity contribution < 1.29 is 26.7 Å². The van der Waals surface area contributed by atoms with Gasteiger partial charge < -0.3 is 5.11 Å². The van der Waals surface area contributed by atoms with Crippen molar-refractivity contribution in [3.63, 3.8) is 0 Å². The lowest BCUT2D eigenvalue weighted by Gasteiger charge is -2.36. The summed E-state index contributed by atoms with van der Waals surface area (Å²) in [6.07, 6.45) is 0.278. The fourth-order valence-corrected chi connectivity index (χ4v) is 4.31. The number of halogens is 3. The van der Waals surface area contributed by atoms with Gasteiger partial charge in [0.05, 0.1) is 6.10 Å². The molecule has 1 fully saturated rings. The van der Waals surface area contributed by atoms with Crippen LogP contribution >= 0.6 is 0 Å². The first-order chi connectivity index (χ1) is 9.77. The van der Waals surface area contributed by atoms with E-state index in [0.717, 1.165) is 4.31 Å². The Morgan fingerprint density at radius 1 is 1.24 bits per heavy atom. The molecule has 0 bridgehead atoms. The molecule has 8 heteroatoms. The van der Waals surface area contributed by atoms with Crippen molar-refractivity contribution in [2.75, 3.05) is 6.54 Å². The molecule has 1 heterocycles. The van der Waals surface area contributed by atoms with E-state index in [-0.39, 0.29) is 25.5 Å². The van der Waals surface area contributed by atoms with Crippen LogP contribution < -0.4 is 0 Å². The minimum absolute atomic E-state index is 0.0143. The summed E-state index contributed by atoms with van der Waals surface area (Å²) in [7, 11) is -4.28. The number of benzene rings is 1. The molecule has 0 saturated carbocycles. The van der Waals surface area contributed by atoms with E-state index in [1.54, 1.807) is 6.92 Å². The number of nitrogens with zero attached hydrogens (tertiary/aromatic N) is 1. The molecule has 1 aromatic rings. The zero-order chi connectivity index (χ0) is 15.8. The Kier molecular flexibility index (Phi) is 4.60. The second-order valence-electron chi connectivity index (χ2n) is 5.05. The minimum atomic E-state index is -4.28. The lowest BCUT2D eigenvalue weighted by molar-refractivity contribution is 0.0796. The third-order valence-electron chi connectivity index (χ3n) is 3.67. The highest BCUT2D eigenvalue weighted by molar-refractivity contribution is 7.89. The van der Waals surface area contributed by atoms with Crippen LogP contribution in [0.25, 0.3) is 0 Å². The number of aliphatic hydroxyl groups excluding tert-OH is 1. The highest BCUT2D eigenvalue weighted by atomic mass is 32.2. The molecule has 1 saturated heterocycles. The number of hydrogen-bond acceptors (Lipinski definition) is 3. The van der Waals surface area contributed by atoms with E-state index in [0.29, 0.717) is 12.5 Å². The molecule has 2 rings (SSSR count). The van der Waals surface area contributed by atoms with Gasteiger partial charge >= 0.3 is 0 Å². The van der Waals surface area contributed by atoms with Gasteiger partial charge in [-0.3, -0.25) is 0 Å². The van der Waals surface area contributed by atoms with Gasteiger partial charge in [0.2, 0.25) is 10.0 Å². The minimum Gasteiger partial charge on any atom is -0.393 e. The molecule has 1 aromatic carbocycles. The van der Waals surface area contributed by atoms with E-state index in [9.17, 15) is 26.7 Å². The van der Waals surface area contributed by atoms with Crippen molar-refractivity contribution in [3.05, 3.63) is 29.6 Å². The Morgan fingerprint density at radius 3 is 2.48 bits per heavy atom. The quantitative estimate of drug-likeness (QED) is 0.866. The highest BCUT2D eigenvalue weighted by Crippen LogP contribution is 2.29. The summed E-state index contributed by atoms with van der Waals surface area (Å²) in [5.41, 5.74) is 0. The Labute approximate surface area is 121 Å². The van der Waals surface area contributed by atoms with E-state index in [1.165, 1.54) is 0 Å². The van der Waals surface area contributed by atoms with Gasteiger partial charge in [0.15, 0.2) is 11.6 Å². The molecule has 0 aromatic heterocycles. The predicted octanol–water partition coefficient (Wildman–Crippen LogP) is 2.03. The normalized spacial score (nSPS) is 24.2. The third kappa shape index (κ3) is 3.07. The maximum absolute atomic E-state index is 13.7. The molecule has 0 unspecified atom stereocenters. The summed E-state index contributed by atoms with van der Waals surface area (Å²) in [6, 6.07) is 0.0889. The molecule has 1 aliphatic rings. The first-order valence-electron chi connectivity index (χ1n) is 6.61. The summed E-state index contributed by atoms with van der Waals surface area (Å²) in [5, 5.41) is 9.59. The van der Waals surface area contributed by atoms with Crippen molar-refractivity contribution in [1.82, 2.24) is 4.31 Å². The van der Waals surface area contributed by atoms with Crippen molar-refractivity contribution in [2.45, 2.75) is 43.2 Å². The van der Waals surface area contributed by atoms with Gasteiger partial charge in [-0.2, -0.15) is 4.31 Å². The molecular weight excluding hydrogens is 307 g/mol. The Balaban J connectivity index is 2.44. The van der Waals surface area contributed by atoms with Crippen molar-refractivity contribution >= 4 is 10.0 Å². The maximum atomic E-state index is 13.7. The average molecular weight is 323 g/mol. The van der Waals surface area contributed by atoms with E-state index in [1.807, 2.05) is 0 Å². The van der Waals surface area contributed by atoms with Crippen LogP contribution in [-0.2, 0) is 10.0 Å². The standard InChI is InChI=1S/C13H16F3NO3S/c1-2-8-5-9(18)3-4-17(8)21(19,20)13-7-11(15)10(14)6-12(13)16/h6-9,18H,2-5H2,1H3/t8-,9-/m0/s1. The predicted molar refractivity (Wildman–Crippen MR) is 69.5 cm³/mol. The van der Waals surface area contributed by atoms with Crippen molar-refractivity contribution in [2.24, 2.45) is 0 Å². The van der Waals surface area contributed by atoms with Gasteiger partial charge in [0.25, 0.3) is 0 Å². The smallest absolute Gasteiger partial charge is 0.246 e. The summed E-state index contributed by atoms with van der Waals surface area (Å²) >= 11 is 0. The average Bonchev–Trinajstić information content (AvgIpc) is 2.42. The lowest BCUT2D eigenvalue weighted by Crippen LogP contribution is -2.47. The highest BCUT2D eigenvalue weighted by Gasteiger charge is 2.37. The number of hydrogen-bond donors (Lipinski definition) is 1. The Bertz CT molecular complexity index is 636. The van der Waals surface area contributed by atoms with Crippen LogP contribution in [0.4, 0.5) is 13.2 Å². The number of sulfonamides is 1. The fraction of sp³-hybridized carbons (Fsp3) is 0.538. The molecule has 1 aliphatic heterocycles. The molecular formula is C13H16F3NO3S. The van der Waals surface area contributed by atoms with Gasteiger partial charge in [-0.25, -0.2) is 21.6 Å². The van der Waals surface area contributed by atoms with E-state index in [2.05, 4.69) is 0 Å². The van der Waals surface area contributed by atoms with Crippen LogP contribution in [0.15, 0.2) is 17.0 Å². The van der Waals surface area contributed by atoms with Gasteiger partial charge in [0.1, 0.15) is 10.7 Å². The van der Waals surface area contributed by atoms with Crippen molar-refractivity contribution in [1.29, 1.82) is 0 Å². The van der Waals surface area contributed by atoms with Crippen LogP contribution in [0, 0.1) is 17.5 Å². The molecule has 0 radical (unpaired) electrons. The number of aliphatic hydroxyl groups is 1. The summed E-state index contributed by atoms with van der Waals surface area (Å²) in [4.78, 5) is -0.878. The molecule has 4 nitrogen and oxygen atoms in total. The zero-order valence-corrected chi connectivity index (χ0v) is 12.2. The molecule has 21 heavy (non-hydrogen) atoms. The summed E-state index contributed by atoms with van der Waals surface area (Å²) < 4.78 is 65.9. The molecule has 0 spiro atoms. The van der Waals surface area contributed by atoms with Crippen LogP contribution in [-0.4, -0.2) is 36.5 Å². The van der Waals surface area contributed by atoms with Gasteiger partial charge in [-0.15, -0.1) is 0 Å². The van der Waals surface area contributed by atoms with Gasteiger partial charge in [-0.1, -0.05) is 6.92 Å². The maximum Gasteiger partial charge on any atom is 0.246 e. The fourth-order valence-electron chi connectivity index (χ4n) is 2.52. The molecule has 1 N–H and O–H groups in total. The monoisotopic (exact) mass is 323 g/mol. The zero-order valence-electron chi connectivity index (χ0n) is 11.4. The third-order valence-corrected chi connectivity index (χ3v) is 5.63. The van der Waals surface area contributed by atoms with Gasteiger partial charge in [0, 0.05) is 18.7 Å². The van der Waals surface area contributed by atoms with Crippen LogP contribution in [0.1, 0.15) is 26.2 Å². The van der Waals surface area contributed by atoms with Gasteiger partial charge in [-0.05, 0) is 25.3 Å². The lowest BCUT2D eigenvalue weighted by atomic mass is 10.0. The van der Waals surface area contributed by atoms with Crippen LogP contribution in [0.2, 0.25) is 0 Å². The van der Waals surface area contributed by atoms with E-state index >= 15 is 0 Å². The van der Waals surface area contributed by atoms with Crippen LogP contribution in [0.3, 0.4) is 0 Å². The molecule has 118 valence electrons. The molecule has 0 aliphatic carbocycles. The van der Waals surface area contributed by atoms with E-state index in [4.69, 9.17) is 0 Å². The number of rotatable bonds is 3. The largest absolute Gasteiger partial charge is 0.393 e. The number of piperidine rings is 1. The molecule has 0 amide bonds. The first kappa shape index (κ1) is 16.3. The van der Waals surface area contributed by atoms with Crippen LogP contribution in [0.5, 0.6) is 0 Å². The SMILES string of the molecule is CC[C@H]1C[C@@H](O)CCN1S(=O)(=O)c1cc(F)c(F)cc1F. The second-order valence-corrected chi connectivity index (χ2v) is 6.91. The summed E-state index contributed by atoms with van der Waals surface area (Å²) in [6.45, 7) is 1.76.